The summed E-state index contributed by atoms with van der Waals surface area (Å²) in [5.41, 5.74) is 0. The Hall–Kier alpha value is -1.31. The number of ether oxygens (including phenoxy) is 1. The highest BCUT2D eigenvalue weighted by atomic mass is 35.5. The summed E-state index contributed by atoms with van der Waals surface area (Å²) in [7, 11) is -2.56. The number of benzene rings is 1. The first-order chi connectivity index (χ1) is 9.67. The molecule has 2 N–H and O–H groups in total. The molecule has 0 bridgehead atoms. The van der Waals surface area contributed by atoms with E-state index in [2.05, 4.69) is 4.72 Å². The largest absolute Gasteiger partial charge is 0.495 e. The number of carboxylic acids is 1. The molecular formula is C13H18ClNO5S. The number of carbonyl (C=O) groups is 1. The highest BCUT2D eigenvalue weighted by Crippen LogP contribution is 2.27. The van der Waals surface area contributed by atoms with Crippen LogP contribution < -0.4 is 9.46 Å². The van der Waals surface area contributed by atoms with Crippen molar-refractivity contribution in [2.24, 2.45) is 5.92 Å². The molecule has 0 radical (unpaired) electrons. The van der Waals surface area contributed by atoms with Gasteiger partial charge in [0.2, 0.25) is 10.0 Å². The molecule has 1 rings (SSSR count). The van der Waals surface area contributed by atoms with Crippen LogP contribution in [0.1, 0.15) is 20.3 Å². The Bertz CT molecular complexity index is 615. The van der Waals surface area contributed by atoms with Gasteiger partial charge in [-0.15, -0.1) is 0 Å². The highest BCUT2D eigenvalue weighted by molar-refractivity contribution is 7.89. The number of halogens is 1. The highest BCUT2D eigenvalue weighted by Gasteiger charge is 2.26. The van der Waals surface area contributed by atoms with Crippen molar-refractivity contribution < 1.29 is 23.1 Å². The molecule has 0 saturated carbocycles. The Morgan fingerprint density at radius 1 is 1.43 bits per heavy atom. The summed E-state index contributed by atoms with van der Waals surface area (Å²) in [6.45, 7) is 3.63. The zero-order valence-corrected chi connectivity index (χ0v) is 13.5. The van der Waals surface area contributed by atoms with E-state index in [-0.39, 0.29) is 22.3 Å². The van der Waals surface area contributed by atoms with Gasteiger partial charge in [-0.1, -0.05) is 25.4 Å². The average Bonchev–Trinajstić information content (AvgIpc) is 2.36. The van der Waals surface area contributed by atoms with Gasteiger partial charge in [0.05, 0.1) is 17.0 Å². The molecule has 21 heavy (non-hydrogen) atoms. The molecule has 1 aromatic rings. The van der Waals surface area contributed by atoms with Gasteiger partial charge < -0.3 is 9.84 Å². The molecule has 118 valence electrons. The zero-order valence-electron chi connectivity index (χ0n) is 12.0. The molecule has 0 heterocycles. The smallest absolute Gasteiger partial charge is 0.321 e. The SMILES string of the molecule is COc1ccc(S(=O)(=O)N[C@@H](CC(C)C)C(=O)O)cc1Cl. The maximum absolute atomic E-state index is 12.2. The lowest BCUT2D eigenvalue weighted by Gasteiger charge is -2.17. The van der Waals surface area contributed by atoms with E-state index < -0.39 is 22.0 Å². The second-order valence-electron chi connectivity index (χ2n) is 4.94. The molecule has 1 atom stereocenters. The first-order valence-electron chi connectivity index (χ1n) is 6.26. The van der Waals surface area contributed by atoms with Crippen molar-refractivity contribution in [1.29, 1.82) is 0 Å². The molecule has 0 saturated heterocycles. The van der Waals surface area contributed by atoms with E-state index in [4.69, 9.17) is 21.4 Å². The van der Waals surface area contributed by atoms with E-state index in [1.807, 2.05) is 13.8 Å². The predicted octanol–water partition coefficient (Wildman–Crippen LogP) is 2.13. The van der Waals surface area contributed by atoms with Crippen molar-refractivity contribution in [3.05, 3.63) is 23.2 Å². The number of aliphatic carboxylic acids is 1. The fraction of sp³-hybridized carbons (Fsp3) is 0.462. The molecule has 0 aromatic heterocycles. The minimum atomic E-state index is -3.97. The lowest BCUT2D eigenvalue weighted by molar-refractivity contribution is -0.139. The Balaban J connectivity index is 3.04. The van der Waals surface area contributed by atoms with E-state index in [9.17, 15) is 13.2 Å². The lowest BCUT2D eigenvalue weighted by Crippen LogP contribution is -2.41. The zero-order chi connectivity index (χ0) is 16.2. The molecule has 0 amide bonds. The van der Waals surface area contributed by atoms with Crippen molar-refractivity contribution in [1.82, 2.24) is 4.72 Å². The number of rotatable bonds is 7. The van der Waals surface area contributed by atoms with Gasteiger partial charge in [0.25, 0.3) is 0 Å². The third-order valence-electron chi connectivity index (χ3n) is 2.74. The first kappa shape index (κ1) is 17.7. The maximum atomic E-state index is 12.2. The lowest BCUT2D eigenvalue weighted by atomic mass is 10.1. The second-order valence-corrected chi connectivity index (χ2v) is 7.06. The molecule has 0 aliphatic rings. The van der Waals surface area contributed by atoms with Crippen LogP contribution in [-0.2, 0) is 14.8 Å². The van der Waals surface area contributed by atoms with E-state index in [0.717, 1.165) is 0 Å². The number of methoxy groups -OCH3 is 1. The number of sulfonamides is 1. The van der Waals surface area contributed by atoms with Gasteiger partial charge in [0.15, 0.2) is 0 Å². The summed E-state index contributed by atoms with van der Waals surface area (Å²) in [5, 5.41) is 9.23. The summed E-state index contributed by atoms with van der Waals surface area (Å²) in [6, 6.07) is 2.75. The summed E-state index contributed by atoms with van der Waals surface area (Å²) in [4.78, 5) is 11.0. The van der Waals surface area contributed by atoms with Crippen LogP contribution >= 0.6 is 11.6 Å². The quantitative estimate of drug-likeness (QED) is 0.796. The van der Waals surface area contributed by atoms with Crippen LogP contribution in [0.5, 0.6) is 5.75 Å². The minimum absolute atomic E-state index is 0.0354. The van der Waals surface area contributed by atoms with Gasteiger partial charge >= 0.3 is 5.97 Å². The first-order valence-corrected chi connectivity index (χ1v) is 8.12. The molecule has 6 nitrogen and oxygen atoms in total. The van der Waals surface area contributed by atoms with Gasteiger partial charge in [-0.05, 0) is 30.5 Å². The van der Waals surface area contributed by atoms with E-state index in [0.29, 0.717) is 5.75 Å². The number of hydrogen-bond acceptors (Lipinski definition) is 4. The molecular weight excluding hydrogens is 318 g/mol. The van der Waals surface area contributed by atoms with Crippen LogP contribution in [0.15, 0.2) is 23.1 Å². The van der Waals surface area contributed by atoms with Crippen molar-refractivity contribution in [3.8, 4) is 5.75 Å². The molecule has 0 unspecified atom stereocenters. The van der Waals surface area contributed by atoms with Crippen LogP contribution in [0.2, 0.25) is 5.02 Å². The standard InChI is InChI=1S/C13H18ClNO5S/c1-8(2)6-11(13(16)17)15-21(18,19)9-4-5-12(20-3)10(14)7-9/h4-5,7-8,11,15H,6H2,1-3H3,(H,16,17)/t11-/m0/s1. The Labute approximate surface area is 129 Å². The molecule has 8 heteroatoms. The molecule has 0 spiro atoms. The average molecular weight is 336 g/mol. The van der Waals surface area contributed by atoms with Gasteiger partial charge in [0, 0.05) is 0 Å². The van der Waals surface area contributed by atoms with Gasteiger partial charge in [0.1, 0.15) is 11.8 Å². The third-order valence-corrected chi connectivity index (χ3v) is 4.50. The van der Waals surface area contributed by atoms with Crippen LogP contribution in [-0.4, -0.2) is 32.6 Å². The van der Waals surface area contributed by atoms with Gasteiger partial charge in [-0.3, -0.25) is 4.79 Å². The number of carboxylic acid groups (broad SMARTS) is 1. The predicted molar refractivity (Wildman–Crippen MR) is 79.2 cm³/mol. The van der Waals surface area contributed by atoms with E-state index in [1.165, 1.54) is 25.3 Å². The van der Waals surface area contributed by atoms with E-state index in [1.54, 1.807) is 0 Å². The monoisotopic (exact) mass is 335 g/mol. The van der Waals surface area contributed by atoms with Crippen molar-refractivity contribution in [2.45, 2.75) is 31.2 Å². The van der Waals surface area contributed by atoms with Gasteiger partial charge in [-0.2, -0.15) is 4.72 Å². The van der Waals surface area contributed by atoms with Crippen molar-refractivity contribution in [3.63, 3.8) is 0 Å². The minimum Gasteiger partial charge on any atom is -0.495 e. The summed E-state index contributed by atoms with van der Waals surface area (Å²) >= 11 is 5.89. The number of nitrogens with one attached hydrogen (secondary N) is 1. The molecule has 0 aliphatic carbocycles. The summed E-state index contributed by atoms with van der Waals surface area (Å²) < 4.78 is 31.5. The number of hydrogen-bond donors (Lipinski definition) is 2. The second kappa shape index (κ2) is 7.11. The molecule has 0 aliphatic heterocycles. The molecule has 1 aromatic carbocycles. The topological polar surface area (TPSA) is 92.7 Å². The molecule has 0 fully saturated rings. The maximum Gasteiger partial charge on any atom is 0.321 e. The van der Waals surface area contributed by atoms with Gasteiger partial charge in [-0.25, -0.2) is 8.42 Å². The Morgan fingerprint density at radius 3 is 2.48 bits per heavy atom. The fourth-order valence-corrected chi connectivity index (χ4v) is 3.29. The van der Waals surface area contributed by atoms with E-state index >= 15 is 0 Å². The fourth-order valence-electron chi connectivity index (χ4n) is 1.74. The van der Waals surface area contributed by atoms with Crippen LogP contribution in [0.4, 0.5) is 0 Å². The Kier molecular flexibility index (Phi) is 6.00. The van der Waals surface area contributed by atoms with Crippen molar-refractivity contribution in [2.75, 3.05) is 7.11 Å². The van der Waals surface area contributed by atoms with Crippen LogP contribution in [0.25, 0.3) is 0 Å². The summed E-state index contributed by atoms with van der Waals surface area (Å²) in [6.07, 6.45) is 0.193. The Morgan fingerprint density at radius 2 is 2.05 bits per heavy atom. The van der Waals surface area contributed by atoms with Crippen molar-refractivity contribution >= 4 is 27.6 Å². The normalized spacial score (nSPS) is 13.2. The van der Waals surface area contributed by atoms with Crippen LogP contribution in [0, 0.1) is 5.92 Å². The summed E-state index contributed by atoms with van der Waals surface area (Å²) in [5.74, 6) is -0.840. The third kappa shape index (κ3) is 4.87. The van der Waals surface area contributed by atoms with Crippen LogP contribution in [0.3, 0.4) is 0 Å².